The van der Waals surface area contributed by atoms with Crippen molar-refractivity contribution >= 4 is 0 Å². The average molecular weight is 264 g/mol. The molecular formula is C16H28N2O. The molecule has 0 bridgehead atoms. The summed E-state index contributed by atoms with van der Waals surface area (Å²) in [5, 5.41) is 15.5. The monoisotopic (exact) mass is 264 g/mol. The molecular weight excluding hydrogens is 236 g/mol. The van der Waals surface area contributed by atoms with Crippen molar-refractivity contribution in [1.82, 2.24) is 9.78 Å². The lowest BCUT2D eigenvalue weighted by Crippen LogP contribution is -2.40. The molecule has 1 fully saturated rings. The number of aryl methyl sites for hydroxylation is 2. The van der Waals surface area contributed by atoms with Gasteiger partial charge in [-0.1, -0.05) is 20.8 Å². The molecule has 1 aliphatic carbocycles. The highest BCUT2D eigenvalue weighted by atomic mass is 16.3. The Kier molecular flexibility index (Phi) is 4.34. The fraction of sp³-hybridized carbons (Fsp3) is 0.812. The summed E-state index contributed by atoms with van der Waals surface area (Å²) in [4.78, 5) is 0. The Morgan fingerprint density at radius 1 is 1.32 bits per heavy atom. The Morgan fingerprint density at radius 3 is 2.47 bits per heavy atom. The highest BCUT2D eigenvalue weighted by molar-refractivity contribution is 5.13. The third-order valence-corrected chi connectivity index (χ3v) is 4.35. The number of rotatable bonds is 4. The predicted molar refractivity (Wildman–Crippen MR) is 78.1 cm³/mol. The minimum atomic E-state index is -0.533. The minimum absolute atomic E-state index is 0.533. The summed E-state index contributed by atoms with van der Waals surface area (Å²) in [5.74, 6) is 1.25. The molecule has 0 aliphatic heterocycles. The van der Waals surface area contributed by atoms with Gasteiger partial charge in [-0.15, -0.1) is 0 Å². The fourth-order valence-electron chi connectivity index (χ4n) is 3.82. The zero-order valence-corrected chi connectivity index (χ0v) is 12.8. The molecule has 0 spiro atoms. The van der Waals surface area contributed by atoms with Gasteiger partial charge in [0.25, 0.3) is 0 Å². The first-order valence-electron chi connectivity index (χ1n) is 7.73. The zero-order valence-electron chi connectivity index (χ0n) is 12.8. The first-order chi connectivity index (χ1) is 8.95. The largest absolute Gasteiger partial charge is 0.389 e. The normalized spacial score (nSPS) is 31.6. The molecule has 108 valence electrons. The van der Waals surface area contributed by atoms with Crippen molar-refractivity contribution in [2.24, 2.45) is 11.8 Å². The van der Waals surface area contributed by atoms with Crippen molar-refractivity contribution in [3.63, 3.8) is 0 Å². The van der Waals surface area contributed by atoms with Crippen molar-refractivity contribution in [1.29, 1.82) is 0 Å². The minimum Gasteiger partial charge on any atom is -0.389 e. The Bertz CT molecular complexity index is 414. The molecule has 1 aliphatic rings. The Balaban J connectivity index is 2.17. The van der Waals surface area contributed by atoms with Crippen LogP contribution in [0.1, 0.15) is 58.3 Å². The van der Waals surface area contributed by atoms with Crippen LogP contribution in [0.25, 0.3) is 0 Å². The summed E-state index contributed by atoms with van der Waals surface area (Å²) in [6, 6.07) is 2.17. The molecule has 3 heteroatoms. The third-order valence-electron chi connectivity index (χ3n) is 4.35. The Hall–Kier alpha value is -0.830. The van der Waals surface area contributed by atoms with E-state index in [1.165, 1.54) is 12.1 Å². The van der Waals surface area contributed by atoms with Gasteiger partial charge in [-0.05, 0) is 50.5 Å². The van der Waals surface area contributed by atoms with Gasteiger partial charge in [0.1, 0.15) is 0 Å². The van der Waals surface area contributed by atoms with Crippen molar-refractivity contribution in [2.75, 3.05) is 0 Å². The molecule has 0 radical (unpaired) electrons. The standard InChI is InChI=1S/C16H28N2O/c1-5-14-8-15(18(6-2)17-14)11-16(19)9-12(3)7-13(4)10-16/h8,12-13,19H,5-7,9-11H2,1-4H3. The van der Waals surface area contributed by atoms with Crippen LogP contribution < -0.4 is 0 Å². The molecule has 1 N–H and O–H groups in total. The molecule has 3 nitrogen and oxygen atoms in total. The van der Waals surface area contributed by atoms with Crippen LogP contribution in [-0.4, -0.2) is 20.5 Å². The molecule has 2 unspecified atom stereocenters. The van der Waals surface area contributed by atoms with E-state index in [4.69, 9.17) is 0 Å². The second-order valence-corrected chi connectivity index (χ2v) is 6.55. The van der Waals surface area contributed by atoms with Crippen molar-refractivity contribution < 1.29 is 5.11 Å². The van der Waals surface area contributed by atoms with Gasteiger partial charge in [-0.3, -0.25) is 4.68 Å². The van der Waals surface area contributed by atoms with Crippen LogP contribution in [0, 0.1) is 11.8 Å². The van der Waals surface area contributed by atoms with E-state index in [0.717, 1.165) is 37.9 Å². The van der Waals surface area contributed by atoms with E-state index in [0.29, 0.717) is 11.8 Å². The maximum absolute atomic E-state index is 10.9. The van der Waals surface area contributed by atoms with E-state index < -0.39 is 5.60 Å². The third kappa shape index (κ3) is 3.38. The van der Waals surface area contributed by atoms with Gasteiger partial charge < -0.3 is 5.11 Å². The lowest BCUT2D eigenvalue weighted by atomic mass is 9.72. The predicted octanol–water partition coefficient (Wildman–Crippen LogP) is 3.20. The summed E-state index contributed by atoms with van der Waals surface area (Å²) in [5.41, 5.74) is 1.80. The SMILES string of the molecule is CCc1cc(CC2(O)CC(C)CC(C)C2)n(CC)n1. The van der Waals surface area contributed by atoms with Crippen LogP contribution in [0.4, 0.5) is 0 Å². The Labute approximate surface area is 117 Å². The molecule has 1 aromatic rings. The number of aliphatic hydroxyl groups is 1. The Morgan fingerprint density at radius 2 is 1.95 bits per heavy atom. The molecule has 2 rings (SSSR count). The van der Waals surface area contributed by atoms with Crippen LogP contribution in [0.2, 0.25) is 0 Å². The topological polar surface area (TPSA) is 38.0 Å². The van der Waals surface area contributed by atoms with Gasteiger partial charge in [-0.2, -0.15) is 5.10 Å². The van der Waals surface area contributed by atoms with Gasteiger partial charge in [-0.25, -0.2) is 0 Å². The summed E-state index contributed by atoms with van der Waals surface area (Å²) < 4.78 is 2.06. The highest BCUT2D eigenvalue weighted by Gasteiger charge is 2.36. The van der Waals surface area contributed by atoms with E-state index >= 15 is 0 Å². The number of hydrogen-bond donors (Lipinski definition) is 1. The van der Waals surface area contributed by atoms with Crippen LogP contribution >= 0.6 is 0 Å². The molecule has 1 heterocycles. The molecule has 1 aromatic heterocycles. The summed E-state index contributed by atoms with van der Waals surface area (Å²) >= 11 is 0. The smallest absolute Gasteiger partial charge is 0.0708 e. The van der Waals surface area contributed by atoms with Gasteiger partial charge in [0.05, 0.1) is 11.3 Å². The van der Waals surface area contributed by atoms with Crippen LogP contribution in [0.15, 0.2) is 6.07 Å². The second-order valence-electron chi connectivity index (χ2n) is 6.55. The zero-order chi connectivity index (χ0) is 14.0. The van der Waals surface area contributed by atoms with Gasteiger partial charge in [0.2, 0.25) is 0 Å². The van der Waals surface area contributed by atoms with Gasteiger partial charge in [0, 0.05) is 18.7 Å². The van der Waals surface area contributed by atoms with Crippen molar-refractivity contribution in [3.8, 4) is 0 Å². The lowest BCUT2D eigenvalue weighted by molar-refractivity contribution is -0.0318. The molecule has 0 amide bonds. The summed E-state index contributed by atoms with van der Waals surface area (Å²) in [6.45, 7) is 9.65. The first-order valence-corrected chi connectivity index (χ1v) is 7.73. The van der Waals surface area contributed by atoms with E-state index in [1.807, 2.05) is 0 Å². The van der Waals surface area contributed by atoms with E-state index in [-0.39, 0.29) is 0 Å². The summed E-state index contributed by atoms with van der Waals surface area (Å²) in [6.07, 6.45) is 4.81. The molecule has 19 heavy (non-hydrogen) atoms. The lowest BCUT2D eigenvalue weighted by Gasteiger charge is -2.39. The average Bonchev–Trinajstić information content (AvgIpc) is 2.68. The number of hydrogen-bond acceptors (Lipinski definition) is 2. The molecule has 1 saturated carbocycles. The highest BCUT2D eigenvalue weighted by Crippen LogP contribution is 2.38. The quantitative estimate of drug-likeness (QED) is 0.907. The molecule has 0 aromatic carbocycles. The summed E-state index contributed by atoms with van der Waals surface area (Å²) in [7, 11) is 0. The first kappa shape index (κ1) is 14.6. The molecule has 0 saturated heterocycles. The van der Waals surface area contributed by atoms with Crippen LogP contribution in [0.5, 0.6) is 0 Å². The second kappa shape index (κ2) is 5.66. The number of aromatic nitrogens is 2. The van der Waals surface area contributed by atoms with E-state index in [9.17, 15) is 5.11 Å². The number of nitrogens with zero attached hydrogens (tertiary/aromatic N) is 2. The van der Waals surface area contributed by atoms with E-state index in [2.05, 4.69) is 43.5 Å². The molecule has 2 atom stereocenters. The van der Waals surface area contributed by atoms with E-state index in [1.54, 1.807) is 0 Å². The van der Waals surface area contributed by atoms with Gasteiger partial charge >= 0.3 is 0 Å². The maximum atomic E-state index is 10.9. The van der Waals surface area contributed by atoms with Crippen molar-refractivity contribution in [2.45, 2.75) is 71.9 Å². The van der Waals surface area contributed by atoms with Crippen molar-refractivity contribution in [3.05, 3.63) is 17.5 Å². The van der Waals surface area contributed by atoms with Crippen LogP contribution in [-0.2, 0) is 19.4 Å². The van der Waals surface area contributed by atoms with Crippen LogP contribution in [0.3, 0.4) is 0 Å². The van der Waals surface area contributed by atoms with Gasteiger partial charge in [0.15, 0.2) is 0 Å². The fourth-order valence-corrected chi connectivity index (χ4v) is 3.82. The maximum Gasteiger partial charge on any atom is 0.0708 e.